The number of aromatic nitrogens is 2. The van der Waals surface area contributed by atoms with E-state index >= 15 is 0 Å². The van der Waals surface area contributed by atoms with Crippen molar-refractivity contribution in [3.05, 3.63) is 47.5 Å². The Labute approximate surface area is 141 Å². The van der Waals surface area contributed by atoms with Gasteiger partial charge in [-0.2, -0.15) is 0 Å². The van der Waals surface area contributed by atoms with Crippen molar-refractivity contribution in [2.75, 3.05) is 20.3 Å². The third-order valence-electron chi connectivity index (χ3n) is 4.50. The van der Waals surface area contributed by atoms with Gasteiger partial charge in [-0.3, -0.25) is 4.79 Å². The number of imidazole rings is 1. The summed E-state index contributed by atoms with van der Waals surface area (Å²) in [7, 11) is 1.67. The van der Waals surface area contributed by atoms with Gasteiger partial charge in [-0.25, -0.2) is 4.98 Å². The molecular formula is C18H23N3O3. The molecule has 1 aliphatic heterocycles. The fraction of sp³-hybridized carbons (Fsp3) is 0.444. The highest BCUT2D eigenvalue weighted by molar-refractivity contribution is 5.78. The van der Waals surface area contributed by atoms with E-state index in [4.69, 9.17) is 9.47 Å². The lowest BCUT2D eigenvalue weighted by Gasteiger charge is -2.23. The number of rotatable bonds is 5. The van der Waals surface area contributed by atoms with Crippen LogP contribution in [-0.2, 0) is 9.53 Å². The maximum absolute atomic E-state index is 12.7. The molecule has 2 aromatic rings. The number of ether oxygens (including phenoxy) is 2. The molecule has 1 aromatic heterocycles. The minimum atomic E-state index is -0.0981. The first-order valence-corrected chi connectivity index (χ1v) is 8.10. The molecule has 1 aliphatic rings. The number of aromatic amines is 1. The monoisotopic (exact) mass is 329 g/mol. The molecule has 0 aliphatic carbocycles. The van der Waals surface area contributed by atoms with Crippen LogP contribution in [0.2, 0.25) is 0 Å². The average Bonchev–Trinajstić information content (AvgIpc) is 3.23. The molecule has 6 heteroatoms. The summed E-state index contributed by atoms with van der Waals surface area (Å²) < 4.78 is 11.3. The van der Waals surface area contributed by atoms with Crippen molar-refractivity contribution in [2.45, 2.75) is 32.4 Å². The number of benzene rings is 1. The van der Waals surface area contributed by atoms with Gasteiger partial charge in [-0.1, -0.05) is 18.2 Å². The standard InChI is InChI=1S/C18H23N3O3/c1-12-5-4-6-13(2)17(12)24-11-16(22)21-10-14(23-3)9-15(21)18-19-7-8-20-18/h4-8,14-15H,9-11H2,1-3H3,(H,19,20)/t14-,15?/m1/s1. The highest BCUT2D eigenvalue weighted by atomic mass is 16.5. The molecule has 3 rings (SSSR count). The first-order chi connectivity index (χ1) is 11.6. The van der Waals surface area contributed by atoms with Crippen LogP contribution >= 0.6 is 0 Å². The van der Waals surface area contributed by atoms with Gasteiger partial charge in [0.1, 0.15) is 11.6 Å². The number of carbonyl (C=O) groups excluding carboxylic acids is 1. The predicted molar refractivity (Wildman–Crippen MR) is 89.9 cm³/mol. The van der Waals surface area contributed by atoms with Crippen LogP contribution in [0, 0.1) is 13.8 Å². The molecule has 1 aromatic carbocycles. The second kappa shape index (κ2) is 7.05. The lowest BCUT2D eigenvalue weighted by atomic mass is 10.1. The maximum atomic E-state index is 12.7. The zero-order chi connectivity index (χ0) is 17.1. The largest absolute Gasteiger partial charge is 0.483 e. The summed E-state index contributed by atoms with van der Waals surface area (Å²) in [5.41, 5.74) is 2.06. The number of nitrogens with zero attached hydrogens (tertiary/aromatic N) is 2. The van der Waals surface area contributed by atoms with Crippen molar-refractivity contribution in [3.8, 4) is 5.75 Å². The molecule has 1 saturated heterocycles. The average molecular weight is 329 g/mol. The van der Waals surface area contributed by atoms with Crippen LogP contribution in [0.1, 0.15) is 29.4 Å². The van der Waals surface area contributed by atoms with Gasteiger partial charge in [0.15, 0.2) is 6.61 Å². The Kier molecular flexibility index (Phi) is 4.85. The van der Waals surface area contributed by atoms with Crippen LogP contribution in [0.25, 0.3) is 0 Å². The van der Waals surface area contributed by atoms with Crippen LogP contribution in [0.15, 0.2) is 30.6 Å². The number of likely N-dealkylation sites (tertiary alicyclic amines) is 1. The van der Waals surface area contributed by atoms with Crippen LogP contribution in [0.4, 0.5) is 0 Å². The van der Waals surface area contributed by atoms with Gasteiger partial charge in [0, 0.05) is 32.5 Å². The second-order valence-corrected chi connectivity index (χ2v) is 6.14. The molecule has 2 heterocycles. The smallest absolute Gasteiger partial charge is 0.261 e. The molecule has 1 unspecified atom stereocenters. The molecule has 0 radical (unpaired) electrons. The molecule has 1 fully saturated rings. The molecule has 128 valence electrons. The maximum Gasteiger partial charge on any atom is 0.261 e. The number of carbonyl (C=O) groups is 1. The SMILES string of the molecule is CO[C@@H]1CC(c2ncc[nH]2)N(C(=O)COc2c(C)cccc2C)C1. The highest BCUT2D eigenvalue weighted by Crippen LogP contribution is 2.31. The first kappa shape index (κ1) is 16.5. The predicted octanol–water partition coefficient (Wildman–Crippen LogP) is 2.39. The van der Waals surface area contributed by atoms with Crippen molar-refractivity contribution < 1.29 is 14.3 Å². The fourth-order valence-electron chi connectivity index (χ4n) is 3.21. The van der Waals surface area contributed by atoms with Gasteiger partial charge in [0.25, 0.3) is 5.91 Å². The van der Waals surface area contributed by atoms with Crippen molar-refractivity contribution in [1.29, 1.82) is 0 Å². The van der Waals surface area contributed by atoms with Crippen LogP contribution < -0.4 is 4.74 Å². The summed E-state index contributed by atoms with van der Waals surface area (Å²) >= 11 is 0. The van der Waals surface area contributed by atoms with Crippen molar-refractivity contribution in [3.63, 3.8) is 0 Å². The van der Waals surface area contributed by atoms with Crippen molar-refractivity contribution >= 4 is 5.91 Å². The van der Waals surface area contributed by atoms with E-state index in [2.05, 4.69) is 9.97 Å². The Bertz CT molecular complexity index is 679. The summed E-state index contributed by atoms with van der Waals surface area (Å²) in [6.07, 6.45) is 4.22. The molecule has 1 N–H and O–H groups in total. The van der Waals surface area contributed by atoms with Gasteiger partial charge >= 0.3 is 0 Å². The molecule has 6 nitrogen and oxygen atoms in total. The van der Waals surface area contributed by atoms with Crippen LogP contribution in [0.5, 0.6) is 5.75 Å². The summed E-state index contributed by atoms with van der Waals surface area (Å²) in [6, 6.07) is 5.85. The molecular weight excluding hydrogens is 306 g/mol. The Balaban J connectivity index is 1.71. The van der Waals surface area contributed by atoms with E-state index in [-0.39, 0.29) is 24.7 Å². The summed E-state index contributed by atoms with van der Waals surface area (Å²) in [6.45, 7) is 4.53. The molecule has 24 heavy (non-hydrogen) atoms. The Morgan fingerprint density at radius 1 is 1.38 bits per heavy atom. The van der Waals surface area contributed by atoms with Gasteiger partial charge in [-0.05, 0) is 25.0 Å². The lowest BCUT2D eigenvalue weighted by Crippen LogP contribution is -2.36. The van der Waals surface area contributed by atoms with E-state index in [0.717, 1.165) is 29.1 Å². The molecule has 2 atom stereocenters. The third-order valence-corrected chi connectivity index (χ3v) is 4.50. The number of hydrogen-bond donors (Lipinski definition) is 1. The normalized spacial score (nSPS) is 20.4. The zero-order valence-electron chi connectivity index (χ0n) is 14.3. The van der Waals surface area contributed by atoms with Crippen molar-refractivity contribution in [2.24, 2.45) is 0 Å². The Morgan fingerprint density at radius 3 is 2.75 bits per heavy atom. The van der Waals surface area contributed by atoms with Gasteiger partial charge < -0.3 is 19.4 Å². The number of methoxy groups -OCH3 is 1. The van der Waals surface area contributed by atoms with Gasteiger partial charge in [0.2, 0.25) is 0 Å². The van der Waals surface area contributed by atoms with E-state index < -0.39 is 0 Å². The Morgan fingerprint density at radius 2 is 2.12 bits per heavy atom. The number of H-pyrrole nitrogens is 1. The molecule has 0 bridgehead atoms. The van der Waals surface area contributed by atoms with E-state index in [1.165, 1.54) is 0 Å². The summed E-state index contributed by atoms with van der Waals surface area (Å²) in [5.74, 6) is 1.51. The van der Waals surface area contributed by atoms with E-state index in [1.54, 1.807) is 24.4 Å². The number of para-hydroxylation sites is 1. The quantitative estimate of drug-likeness (QED) is 0.914. The van der Waals surface area contributed by atoms with Crippen molar-refractivity contribution in [1.82, 2.24) is 14.9 Å². The van der Waals surface area contributed by atoms with E-state index in [0.29, 0.717) is 6.54 Å². The van der Waals surface area contributed by atoms with Gasteiger partial charge in [0.05, 0.1) is 12.1 Å². The lowest BCUT2D eigenvalue weighted by molar-refractivity contribution is -0.134. The number of hydrogen-bond acceptors (Lipinski definition) is 4. The van der Waals surface area contributed by atoms with Crippen LogP contribution in [-0.4, -0.2) is 47.1 Å². The number of aryl methyl sites for hydroxylation is 2. The molecule has 0 spiro atoms. The third kappa shape index (κ3) is 3.28. The fourth-order valence-corrected chi connectivity index (χ4v) is 3.21. The molecule has 0 saturated carbocycles. The minimum Gasteiger partial charge on any atom is -0.483 e. The minimum absolute atomic E-state index is 0.0132. The van der Waals surface area contributed by atoms with E-state index in [1.807, 2.05) is 32.0 Å². The second-order valence-electron chi connectivity index (χ2n) is 6.14. The zero-order valence-corrected chi connectivity index (χ0v) is 14.3. The van der Waals surface area contributed by atoms with Crippen LogP contribution in [0.3, 0.4) is 0 Å². The Hall–Kier alpha value is -2.34. The first-order valence-electron chi connectivity index (χ1n) is 8.10. The van der Waals surface area contributed by atoms with Gasteiger partial charge in [-0.15, -0.1) is 0 Å². The summed E-state index contributed by atoms with van der Waals surface area (Å²) in [5, 5.41) is 0. The summed E-state index contributed by atoms with van der Waals surface area (Å²) in [4.78, 5) is 21.9. The molecule has 1 amide bonds. The number of nitrogens with one attached hydrogen (secondary N) is 1. The topological polar surface area (TPSA) is 67.5 Å². The number of amides is 1. The highest BCUT2D eigenvalue weighted by Gasteiger charge is 2.37. The van der Waals surface area contributed by atoms with E-state index in [9.17, 15) is 4.79 Å².